The van der Waals surface area contributed by atoms with Crippen molar-refractivity contribution in [2.45, 2.75) is 32.7 Å². The lowest BCUT2D eigenvalue weighted by Gasteiger charge is -2.49. The van der Waals surface area contributed by atoms with Gasteiger partial charge in [0, 0.05) is 26.2 Å². The molecule has 0 spiro atoms. The average molecular weight is 287 g/mol. The Labute approximate surface area is 129 Å². The van der Waals surface area contributed by atoms with Crippen molar-refractivity contribution in [1.82, 2.24) is 5.32 Å². The highest BCUT2D eigenvalue weighted by Gasteiger charge is 2.37. The van der Waals surface area contributed by atoms with Crippen molar-refractivity contribution in [3.8, 4) is 0 Å². The van der Waals surface area contributed by atoms with E-state index in [9.17, 15) is 0 Å². The van der Waals surface area contributed by atoms with E-state index in [1.165, 1.54) is 37.3 Å². The molecule has 0 saturated heterocycles. The van der Waals surface area contributed by atoms with Gasteiger partial charge < -0.3 is 15.1 Å². The van der Waals surface area contributed by atoms with Gasteiger partial charge in [-0.25, -0.2) is 0 Å². The molecular weight excluding hydrogens is 258 g/mol. The van der Waals surface area contributed by atoms with E-state index in [1.807, 2.05) is 0 Å². The maximum Gasteiger partial charge on any atom is 0.0607 e. The second-order valence-electron chi connectivity index (χ2n) is 7.06. The van der Waals surface area contributed by atoms with Crippen molar-refractivity contribution < 1.29 is 0 Å². The average Bonchev–Trinajstić information content (AvgIpc) is 2.45. The Morgan fingerprint density at radius 2 is 1.90 bits per heavy atom. The van der Waals surface area contributed by atoms with E-state index < -0.39 is 0 Å². The lowest BCUT2D eigenvalue weighted by molar-refractivity contribution is 0.231. The van der Waals surface area contributed by atoms with Crippen LogP contribution in [0.4, 0.5) is 11.4 Å². The van der Waals surface area contributed by atoms with Gasteiger partial charge in [0.15, 0.2) is 0 Å². The molecule has 3 nitrogen and oxygen atoms in total. The van der Waals surface area contributed by atoms with Crippen LogP contribution in [0.2, 0.25) is 0 Å². The Hall–Kier alpha value is -1.22. The largest absolute Gasteiger partial charge is 0.371 e. The Kier molecular flexibility index (Phi) is 4.39. The standard InChI is InChI=1S/C18H29N3/c1-14(2)12-19-13-15-8-9-16(15)21-11-10-20(3)17-6-4-5-7-18(17)21/h4-7,14-16,19H,8-13H2,1-3H3. The molecule has 116 valence electrons. The number of likely N-dealkylation sites (N-methyl/N-ethyl adjacent to an activating group) is 1. The van der Waals surface area contributed by atoms with Crippen LogP contribution < -0.4 is 15.1 Å². The number of nitrogens with zero attached hydrogens (tertiary/aromatic N) is 2. The Morgan fingerprint density at radius 1 is 1.14 bits per heavy atom. The molecule has 2 atom stereocenters. The number of nitrogens with one attached hydrogen (secondary N) is 1. The molecule has 0 amide bonds. The van der Waals surface area contributed by atoms with Gasteiger partial charge in [-0.05, 0) is 49.9 Å². The highest BCUT2D eigenvalue weighted by molar-refractivity contribution is 5.73. The van der Waals surface area contributed by atoms with E-state index >= 15 is 0 Å². The number of hydrogen-bond donors (Lipinski definition) is 1. The van der Waals surface area contributed by atoms with Crippen LogP contribution in [-0.2, 0) is 0 Å². The first kappa shape index (κ1) is 14.7. The van der Waals surface area contributed by atoms with Crippen LogP contribution in [0.1, 0.15) is 26.7 Å². The molecule has 1 heterocycles. The van der Waals surface area contributed by atoms with Crippen LogP contribution in [0.25, 0.3) is 0 Å². The van der Waals surface area contributed by atoms with E-state index in [0.717, 1.165) is 31.0 Å². The van der Waals surface area contributed by atoms with Crippen LogP contribution >= 0.6 is 0 Å². The van der Waals surface area contributed by atoms with Crippen molar-refractivity contribution in [3.05, 3.63) is 24.3 Å². The third-order valence-corrected chi connectivity index (χ3v) is 5.02. The predicted molar refractivity (Wildman–Crippen MR) is 91.3 cm³/mol. The summed E-state index contributed by atoms with van der Waals surface area (Å²) in [5.41, 5.74) is 2.83. The van der Waals surface area contributed by atoms with E-state index in [-0.39, 0.29) is 0 Å². The van der Waals surface area contributed by atoms with Crippen LogP contribution in [0.5, 0.6) is 0 Å². The first-order valence-corrected chi connectivity index (χ1v) is 8.44. The molecule has 3 rings (SSSR count). The summed E-state index contributed by atoms with van der Waals surface area (Å²) in [5, 5.41) is 3.65. The van der Waals surface area contributed by atoms with Crippen LogP contribution in [0.3, 0.4) is 0 Å². The molecule has 1 aliphatic carbocycles. The zero-order chi connectivity index (χ0) is 14.8. The second kappa shape index (κ2) is 6.27. The van der Waals surface area contributed by atoms with Crippen molar-refractivity contribution >= 4 is 11.4 Å². The number of hydrogen-bond acceptors (Lipinski definition) is 3. The van der Waals surface area contributed by atoms with Crippen LogP contribution in [-0.4, -0.2) is 39.3 Å². The molecule has 2 unspecified atom stereocenters. The maximum atomic E-state index is 3.65. The molecule has 1 aromatic carbocycles. The summed E-state index contributed by atoms with van der Waals surface area (Å²) in [6.45, 7) is 9.18. The zero-order valence-electron chi connectivity index (χ0n) is 13.7. The Morgan fingerprint density at radius 3 is 2.57 bits per heavy atom. The minimum atomic E-state index is 0.736. The number of para-hydroxylation sites is 2. The van der Waals surface area contributed by atoms with Gasteiger partial charge >= 0.3 is 0 Å². The molecule has 0 bridgehead atoms. The van der Waals surface area contributed by atoms with E-state index in [4.69, 9.17) is 0 Å². The van der Waals surface area contributed by atoms with E-state index in [0.29, 0.717) is 0 Å². The van der Waals surface area contributed by atoms with Gasteiger partial charge in [0.2, 0.25) is 0 Å². The van der Waals surface area contributed by atoms with Gasteiger partial charge in [-0.15, -0.1) is 0 Å². The molecule has 2 aliphatic rings. The quantitative estimate of drug-likeness (QED) is 0.898. The summed E-state index contributed by atoms with van der Waals surface area (Å²) in [6.07, 6.45) is 2.73. The molecule has 1 aliphatic heterocycles. The SMILES string of the molecule is CC(C)CNCC1CCC1N1CCN(C)c2ccccc21. The normalized spacial score (nSPS) is 25.0. The van der Waals surface area contributed by atoms with E-state index in [2.05, 4.69) is 60.3 Å². The number of anilines is 2. The molecule has 1 N–H and O–H groups in total. The highest BCUT2D eigenvalue weighted by Crippen LogP contribution is 2.40. The number of benzene rings is 1. The van der Waals surface area contributed by atoms with Crippen molar-refractivity contribution in [3.63, 3.8) is 0 Å². The fourth-order valence-corrected chi connectivity index (χ4v) is 3.63. The fraction of sp³-hybridized carbons (Fsp3) is 0.667. The zero-order valence-corrected chi connectivity index (χ0v) is 13.7. The van der Waals surface area contributed by atoms with Gasteiger partial charge in [-0.1, -0.05) is 26.0 Å². The first-order valence-electron chi connectivity index (χ1n) is 8.44. The molecular formula is C18H29N3. The maximum absolute atomic E-state index is 3.65. The summed E-state index contributed by atoms with van der Waals surface area (Å²) in [5.74, 6) is 1.56. The molecule has 1 aromatic rings. The van der Waals surface area contributed by atoms with Gasteiger partial charge in [-0.2, -0.15) is 0 Å². The summed E-state index contributed by atoms with van der Waals surface area (Å²) >= 11 is 0. The molecule has 0 aromatic heterocycles. The Bertz CT molecular complexity index is 471. The third kappa shape index (κ3) is 3.03. The molecule has 1 saturated carbocycles. The molecule has 3 heteroatoms. The van der Waals surface area contributed by atoms with Gasteiger partial charge in [-0.3, -0.25) is 0 Å². The minimum Gasteiger partial charge on any atom is -0.371 e. The number of fused-ring (bicyclic) bond motifs is 1. The summed E-state index contributed by atoms with van der Waals surface area (Å²) < 4.78 is 0. The third-order valence-electron chi connectivity index (χ3n) is 5.02. The lowest BCUT2D eigenvalue weighted by Crippen LogP contribution is -2.54. The minimum absolute atomic E-state index is 0.736. The van der Waals surface area contributed by atoms with Gasteiger partial charge in [0.1, 0.15) is 0 Å². The van der Waals surface area contributed by atoms with Gasteiger partial charge in [0.25, 0.3) is 0 Å². The fourth-order valence-electron chi connectivity index (χ4n) is 3.63. The van der Waals surface area contributed by atoms with Crippen LogP contribution in [0, 0.1) is 11.8 Å². The highest BCUT2D eigenvalue weighted by atomic mass is 15.3. The molecule has 0 radical (unpaired) electrons. The predicted octanol–water partition coefficient (Wildman–Crippen LogP) is 2.97. The van der Waals surface area contributed by atoms with Crippen LogP contribution in [0.15, 0.2) is 24.3 Å². The second-order valence-corrected chi connectivity index (χ2v) is 7.06. The lowest BCUT2D eigenvalue weighted by atomic mass is 9.77. The summed E-state index contributed by atoms with van der Waals surface area (Å²) in [4.78, 5) is 5.05. The molecule has 21 heavy (non-hydrogen) atoms. The number of rotatable bonds is 5. The van der Waals surface area contributed by atoms with Crippen molar-refractivity contribution in [2.75, 3.05) is 43.0 Å². The van der Waals surface area contributed by atoms with Crippen molar-refractivity contribution in [1.29, 1.82) is 0 Å². The van der Waals surface area contributed by atoms with Gasteiger partial charge in [0.05, 0.1) is 11.4 Å². The monoisotopic (exact) mass is 287 g/mol. The smallest absolute Gasteiger partial charge is 0.0607 e. The Balaban J connectivity index is 1.66. The topological polar surface area (TPSA) is 18.5 Å². The van der Waals surface area contributed by atoms with Crippen molar-refractivity contribution in [2.24, 2.45) is 11.8 Å². The molecule has 1 fully saturated rings. The first-order chi connectivity index (χ1) is 10.2. The van der Waals surface area contributed by atoms with E-state index in [1.54, 1.807) is 0 Å². The summed E-state index contributed by atoms with van der Waals surface area (Å²) in [6, 6.07) is 9.62. The summed E-state index contributed by atoms with van der Waals surface area (Å²) in [7, 11) is 2.21.